The lowest BCUT2D eigenvalue weighted by Gasteiger charge is -2.12. The van der Waals surface area contributed by atoms with Gasteiger partial charge in [-0.1, -0.05) is 28.9 Å². The van der Waals surface area contributed by atoms with Crippen LogP contribution in [0.5, 0.6) is 0 Å². The van der Waals surface area contributed by atoms with E-state index in [-0.39, 0.29) is 11.8 Å². The first kappa shape index (κ1) is 20.0. The second-order valence-corrected chi connectivity index (χ2v) is 7.69. The number of rotatable bonds is 6. The van der Waals surface area contributed by atoms with Crippen molar-refractivity contribution in [3.8, 4) is 0 Å². The minimum atomic E-state index is -0.288. The van der Waals surface area contributed by atoms with Crippen LogP contribution in [0, 0.1) is 0 Å². The van der Waals surface area contributed by atoms with Crippen molar-refractivity contribution in [2.75, 3.05) is 10.6 Å². The number of carbonyl (C=O) groups excluding carboxylic acids is 2. The smallest absolute Gasteiger partial charge is 0.255 e. The zero-order chi connectivity index (χ0) is 20.1. The van der Waals surface area contributed by atoms with E-state index in [4.69, 9.17) is 0 Å². The maximum Gasteiger partial charge on any atom is 0.255 e. The van der Waals surface area contributed by atoms with E-state index in [1.807, 2.05) is 18.2 Å². The Morgan fingerprint density at radius 2 is 2.00 bits per heavy atom. The normalized spacial score (nSPS) is 10.5. The van der Waals surface area contributed by atoms with Gasteiger partial charge >= 0.3 is 0 Å². The quantitative estimate of drug-likeness (QED) is 0.580. The summed E-state index contributed by atoms with van der Waals surface area (Å²) in [5.74, 6) is -0.399. The monoisotopic (exact) mass is 460 g/mol. The van der Waals surface area contributed by atoms with Crippen molar-refractivity contribution in [3.63, 3.8) is 0 Å². The molecule has 0 aliphatic rings. The fourth-order valence-electron chi connectivity index (χ4n) is 2.28. The number of aryl methyl sites for hydroxylation is 1. The maximum absolute atomic E-state index is 12.8. The van der Waals surface area contributed by atoms with Crippen LogP contribution in [0.15, 0.2) is 57.0 Å². The summed E-state index contributed by atoms with van der Waals surface area (Å²) in [4.78, 5) is 25.1. The highest BCUT2D eigenvalue weighted by atomic mass is 79.9. The summed E-state index contributed by atoms with van der Waals surface area (Å²) in [5.41, 5.74) is 1.63. The summed E-state index contributed by atoms with van der Waals surface area (Å²) in [6, 6.07) is 12.4. The second kappa shape index (κ2) is 8.98. The molecule has 0 saturated carbocycles. The van der Waals surface area contributed by atoms with Gasteiger partial charge in [0.25, 0.3) is 5.91 Å². The highest BCUT2D eigenvalue weighted by molar-refractivity contribution is 9.10. The van der Waals surface area contributed by atoms with Crippen LogP contribution in [-0.2, 0) is 11.8 Å². The van der Waals surface area contributed by atoms with Gasteiger partial charge in [-0.3, -0.25) is 9.59 Å². The molecule has 1 heterocycles. The molecule has 10 heteroatoms. The molecule has 144 valence electrons. The Balaban J connectivity index is 1.82. The van der Waals surface area contributed by atoms with Crippen molar-refractivity contribution in [2.24, 2.45) is 7.05 Å². The number of aromatic nitrogens is 4. The van der Waals surface area contributed by atoms with Gasteiger partial charge in [-0.2, -0.15) is 0 Å². The van der Waals surface area contributed by atoms with Crippen molar-refractivity contribution >= 4 is 50.9 Å². The topological polar surface area (TPSA) is 102 Å². The predicted molar refractivity (Wildman–Crippen MR) is 110 cm³/mol. The number of hydrogen-bond donors (Lipinski definition) is 2. The van der Waals surface area contributed by atoms with E-state index in [1.165, 1.54) is 11.8 Å². The molecule has 2 aromatic carbocycles. The third-order valence-corrected chi connectivity index (χ3v) is 5.30. The summed E-state index contributed by atoms with van der Waals surface area (Å²) < 4.78 is 2.38. The number of hydrogen-bond acceptors (Lipinski definition) is 6. The molecule has 8 nitrogen and oxygen atoms in total. The Morgan fingerprint density at radius 1 is 1.18 bits per heavy atom. The van der Waals surface area contributed by atoms with Gasteiger partial charge in [0, 0.05) is 34.1 Å². The van der Waals surface area contributed by atoms with E-state index in [1.54, 1.807) is 42.9 Å². The minimum absolute atomic E-state index is 0.111. The molecular weight excluding hydrogens is 444 g/mol. The Morgan fingerprint density at radius 3 is 2.71 bits per heavy atom. The number of benzene rings is 2. The number of nitrogens with one attached hydrogen (secondary N) is 2. The van der Waals surface area contributed by atoms with Crippen LogP contribution in [0.1, 0.15) is 23.7 Å². The lowest BCUT2D eigenvalue weighted by molar-refractivity contribution is -0.115. The van der Waals surface area contributed by atoms with Gasteiger partial charge < -0.3 is 10.6 Å². The molecule has 0 aliphatic heterocycles. The molecule has 2 N–H and O–H groups in total. The maximum atomic E-state index is 12.8. The van der Waals surface area contributed by atoms with E-state index in [0.29, 0.717) is 28.5 Å². The molecule has 0 radical (unpaired) electrons. The second-order valence-electron chi connectivity index (χ2n) is 5.76. The summed E-state index contributed by atoms with van der Waals surface area (Å²) in [5, 5.41) is 17.7. The number of halogens is 1. The lowest BCUT2D eigenvalue weighted by Crippen LogP contribution is -2.14. The predicted octanol–water partition coefficient (Wildman–Crippen LogP) is 3.72. The standard InChI is InChI=1S/C18H17BrN6O2S/c1-3-16(26)20-13-6-4-5-11(9-13)17(27)21-14-10-12(19)7-8-15(14)28-18-22-23-24-25(18)2/h4-10H,3H2,1-2H3,(H,20,26)(H,21,27). The third-order valence-electron chi connectivity index (χ3n) is 3.70. The van der Waals surface area contributed by atoms with Crippen molar-refractivity contribution in [1.82, 2.24) is 20.2 Å². The van der Waals surface area contributed by atoms with Crippen LogP contribution in [0.4, 0.5) is 11.4 Å². The molecule has 0 fully saturated rings. The number of anilines is 2. The molecule has 0 spiro atoms. The van der Waals surface area contributed by atoms with Gasteiger partial charge in [-0.25, -0.2) is 4.68 Å². The fraction of sp³-hybridized carbons (Fsp3) is 0.167. The average Bonchev–Trinajstić information content (AvgIpc) is 3.08. The molecule has 0 saturated heterocycles. The van der Waals surface area contributed by atoms with Crippen molar-refractivity contribution in [1.29, 1.82) is 0 Å². The van der Waals surface area contributed by atoms with E-state index >= 15 is 0 Å². The molecule has 2 amide bonds. The largest absolute Gasteiger partial charge is 0.326 e. The molecular formula is C18H17BrN6O2S. The van der Waals surface area contributed by atoms with E-state index in [0.717, 1.165) is 9.37 Å². The molecule has 0 atom stereocenters. The summed E-state index contributed by atoms with van der Waals surface area (Å²) in [7, 11) is 1.75. The van der Waals surface area contributed by atoms with Gasteiger partial charge in [0.2, 0.25) is 11.1 Å². The third kappa shape index (κ3) is 4.96. The van der Waals surface area contributed by atoms with E-state index in [9.17, 15) is 9.59 Å². The van der Waals surface area contributed by atoms with Gasteiger partial charge in [-0.15, -0.1) is 5.10 Å². The summed E-state index contributed by atoms with van der Waals surface area (Å²) >= 11 is 4.77. The Bertz CT molecular complexity index is 1020. The lowest BCUT2D eigenvalue weighted by atomic mass is 10.1. The van der Waals surface area contributed by atoms with Crippen LogP contribution < -0.4 is 10.6 Å². The zero-order valence-corrected chi connectivity index (χ0v) is 17.5. The number of tetrazole rings is 1. The highest BCUT2D eigenvalue weighted by Gasteiger charge is 2.14. The Hall–Kier alpha value is -2.72. The summed E-state index contributed by atoms with van der Waals surface area (Å²) in [6.45, 7) is 1.77. The first-order chi connectivity index (χ1) is 13.5. The van der Waals surface area contributed by atoms with Gasteiger partial charge in [-0.05, 0) is 58.6 Å². The number of amides is 2. The highest BCUT2D eigenvalue weighted by Crippen LogP contribution is 2.34. The Kier molecular flexibility index (Phi) is 6.42. The molecule has 28 heavy (non-hydrogen) atoms. The van der Waals surface area contributed by atoms with E-state index < -0.39 is 0 Å². The van der Waals surface area contributed by atoms with Crippen LogP contribution in [0.3, 0.4) is 0 Å². The first-order valence-electron chi connectivity index (χ1n) is 8.37. The van der Waals surface area contributed by atoms with Crippen LogP contribution in [0.25, 0.3) is 0 Å². The fourth-order valence-corrected chi connectivity index (χ4v) is 3.44. The molecule has 3 aromatic rings. The first-order valence-corrected chi connectivity index (χ1v) is 9.98. The molecule has 0 bridgehead atoms. The van der Waals surface area contributed by atoms with Crippen LogP contribution in [-0.4, -0.2) is 32.0 Å². The van der Waals surface area contributed by atoms with Crippen LogP contribution >= 0.6 is 27.7 Å². The molecule has 0 unspecified atom stereocenters. The average molecular weight is 461 g/mol. The van der Waals surface area contributed by atoms with Gasteiger partial charge in [0.15, 0.2) is 0 Å². The molecule has 0 aliphatic carbocycles. The number of nitrogens with zero attached hydrogens (tertiary/aromatic N) is 4. The minimum Gasteiger partial charge on any atom is -0.326 e. The van der Waals surface area contributed by atoms with Crippen molar-refractivity contribution < 1.29 is 9.59 Å². The SMILES string of the molecule is CCC(=O)Nc1cccc(C(=O)Nc2cc(Br)ccc2Sc2nnnn2C)c1. The summed E-state index contributed by atoms with van der Waals surface area (Å²) in [6.07, 6.45) is 0.367. The number of carbonyl (C=O) groups is 2. The van der Waals surface area contributed by atoms with Crippen molar-refractivity contribution in [2.45, 2.75) is 23.4 Å². The van der Waals surface area contributed by atoms with Gasteiger partial charge in [0.1, 0.15) is 0 Å². The van der Waals surface area contributed by atoms with Crippen molar-refractivity contribution in [3.05, 3.63) is 52.5 Å². The Labute approximate surface area is 174 Å². The zero-order valence-electron chi connectivity index (χ0n) is 15.1. The van der Waals surface area contributed by atoms with Gasteiger partial charge in [0.05, 0.1) is 5.69 Å². The van der Waals surface area contributed by atoms with Crippen LogP contribution in [0.2, 0.25) is 0 Å². The molecule has 3 rings (SSSR count). The molecule has 1 aromatic heterocycles. The van der Waals surface area contributed by atoms with E-state index in [2.05, 4.69) is 42.1 Å².